The van der Waals surface area contributed by atoms with Crippen molar-refractivity contribution in [1.29, 1.82) is 0 Å². The Morgan fingerprint density at radius 1 is 1.38 bits per heavy atom. The van der Waals surface area contributed by atoms with E-state index in [4.69, 9.17) is 4.74 Å². The Balaban J connectivity index is 2.61. The van der Waals surface area contributed by atoms with Crippen molar-refractivity contribution >= 4 is 22.7 Å². The molecule has 0 fully saturated rings. The van der Waals surface area contributed by atoms with Crippen LogP contribution in [0.15, 0.2) is 24.3 Å². The van der Waals surface area contributed by atoms with Gasteiger partial charge < -0.3 is 14.7 Å². The summed E-state index contributed by atoms with van der Waals surface area (Å²) in [6, 6.07) is 7.50. The Morgan fingerprint density at radius 2 is 2.10 bits per heavy atom. The molecule has 0 aliphatic rings. The number of likely N-dealkylation sites (N-methyl/N-ethyl adjacent to an activating group) is 1. The molecule has 0 saturated carbocycles. The summed E-state index contributed by atoms with van der Waals surface area (Å²) in [7, 11) is 1.64. The smallest absolute Gasteiger partial charge is 0.374 e. The van der Waals surface area contributed by atoms with Crippen LogP contribution in [0.2, 0.25) is 0 Å². The molecule has 1 aromatic heterocycles. The number of para-hydroxylation sites is 1. The molecule has 1 atom stereocenters. The number of hydrogen-bond donors (Lipinski definition) is 1. The fourth-order valence-corrected chi connectivity index (χ4v) is 2.38. The minimum Gasteiger partial charge on any atom is -0.475 e. The SMILES string of the molecule is CCN(c1nc(C(=O)O)nc2ccccc12)C(C)COC. The lowest BCUT2D eigenvalue weighted by molar-refractivity contribution is 0.0684. The summed E-state index contributed by atoms with van der Waals surface area (Å²) in [6.45, 7) is 5.26. The summed E-state index contributed by atoms with van der Waals surface area (Å²) in [6.07, 6.45) is 0. The molecule has 1 N–H and O–H groups in total. The minimum absolute atomic E-state index is 0.0833. The third-order valence-corrected chi connectivity index (χ3v) is 3.33. The molecule has 1 unspecified atom stereocenters. The molecule has 1 heterocycles. The van der Waals surface area contributed by atoms with Crippen LogP contribution in [0.3, 0.4) is 0 Å². The topological polar surface area (TPSA) is 75.6 Å². The first kappa shape index (κ1) is 15.2. The molecule has 6 heteroatoms. The average molecular weight is 289 g/mol. The average Bonchev–Trinajstić information content (AvgIpc) is 2.48. The molecule has 1 aromatic carbocycles. The lowest BCUT2D eigenvalue weighted by Gasteiger charge is -2.29. The number of carboxylic acid groups (broad SMARTS) is 1. The predicted octanol–water partition coefficient (Wildman–Crippen LogP) is 2.19. The molecule has 0 saturated heterocycles. The van der Waals surface area contributed by atoms with E-state index in [1.807, 2.05) is 36.9 Å². The maximum absolute atomic E-state index is 11.2. The lowest BCUT2D eigenvalue weighted by atomic mass is 10.2. The molecule has 2 rings (SSSR count). The van der Waals surface area contributed by atoms with Crippen molar-refractivity contribution in [2.24, 2.45) is 0 Å². The monoisotopic (exact) mass is 289 g/mol. The minimum atomic E-state index is -1.13. The van der Waals surface area contributed by atoms with Crippen molar-refractivity contribution in [3.8, 4) is 0 Å². The van der Waals surface area contributed by atoms with Gasteiger partial charge in [0.2, 0.25) is 5.82 Å². The summed E-state index contributed by atoms with van der Waals surface area (Å²) in [5.74, 6) is -0.686. The Morgan fingerprint density at radius 3 is 2.71 bits per heavy atom. The number of carboxylic acids is 1. The second-order valence-corrected chi connectivity index (χ2v) is 4.78. The van der Waals surface area contributed by atoms with Gasteiger partial charge >= 0.3 is 5.97 Å². The number of benzene rings is 1. The number of carbonyl (C=O) groups is 1. The van der Waals surface area contributed by atoms with Crippen molar-refractivity contribution < 1.29 is 14.6 Å². The zero-order chi connectivity index (χ0) is 15.4. The first-order valence-electron chi connectivity index (χ1n) is 6.84. The highest BCUT2D eigenvalue weighted by atomic mass is 16.5. The van der Waals surface area contributed by atoms with Gasteiger partial charge in [-0.05, 0) is 26.0 Å². The van der Waals surface area contributed by atoms with Crippen molar-refractivity contribution in [2.45, 2.75) is 19.9 Å². The molecule has 0 aliphatic heterocycles. The summed E-state index contributed by atoms with van der Waals surface area (Å²) in [4.78, 5) is 21.6. The normalized spacial score (nSPS) is 12.3. The van der Waals surface area contributed by atoms with Gasteiger partial charge in [-0.2, -0.15) is 0 Å². The van der Waals surface area contributed by atoms with Crippen LogP contribution in [0.5, 0.6) is 0 Å². The maximum atomic E-state index is 11.2. The van der Waals surface area contributed by atoms with Crippen LogP contribution >= 0.6 is 0 Å². The summed E-state index contributed by atoms with van der Waals surface area (Å²) in [5, 5.41) is 10.0. The van der Waals surface area contributed by atoms with Crippen molar-refractivity contribution in [2.75, 3.05) is 25.2 Å². The van der Waals surface area contributed by atoms with E-state index in [1.165, 1.54) is 0 Å². The van der Waals surface area contributed by atoms with E-state index in [2.05, 4.69) is 9.97 Å². The quantitative estimate of drug-likeness (QED) is 0.878. The van der Waals surface area contributed by atoms with Gasteiger partial charge in [0.1, 0.15) is 5.82 Å². The summed E-state index contributed by atoms with van der Waals surface area (Å²) >= 11 is 0. The van der Waals surface area contributed by atoms with Gasteiger partial charge in [-0.25, -0.2) is 14.8 Å². The molecular formula is C15H19N3O3. The number of aromatic nitrogens is 2. The summed E-state index contributed by atoms with van der Waals surface area (Å²) in [5.41, 5.74) is 0.628. The molecule has 6 nitrogen and oxygen atoms in total. The third kappa shape index (κ3) is 3.11. The fourth-order valence-electron chi connectivity index (χ4n) is 2.38. The maximum Gasteiger partial charge on any atom is 0.374 e. The van der Waals surface area contributed by atoms with Gasteiger partial charge in [-0.15, -0.1) is 0 Å². The highest BCUT2D eigenvalue weighted by Gasteiger charge is 2.20. The van der Waals surface area contributed by atoms with Crippen LogP contribution in [0.1, 0.15) is 24.5 Å². The molecule has 21 heavy (non-hydrogen) atoms. The van der Waals surface area contributed by atoms with Crippen LogP contribution < -0.4 is 4.90 Å². The van der Waals surface area contributed by atoms with Gasteiger partial charge in [-0.3, -0.25) is 0 Å². The number of hydrogen-bond acceptors (Lipinski definition) is 5. The van der Waals surface area contributed by atoms with Gasteiger partial charge in [0.15, 0.2) is 0 Å². The Bertz CT molecular complexity index is 645. The number of ether oxygens (including phenoxy) is 1. The molecule has 112 valence electrons. The zero-order valence-electron chi connectivity index (χ0n) is 12.4. The van der Waals surface area contributed by atoms with Crippen molar-refractivity contribution in [3.05, 3.63) is 30.1 Å². The van der Waals surface area contributed by atoms with E-state index in [9.17, 15) is 9.90 Å². The third-order valence-electron chi connectivity index (χ3n) is 3.33. The largest absolute Gasteiger partial charge is 0.475 e. The van der Waals surface area contributed by atoms with E-state index in [1.54, 1.807) is 13.2 Å². The zero-order valence-corrected chi connectivity index (χ0v) is 12.4. The molecule has 0 radical (unpaired) electrons. The summed E-state index contributed by atoms with van der Waals surface area (Å²) < 4.78 is 5.20. The number of fused-ring (bicyclic) bond motifs is 1. The van der Waals surface area contributed by atoms with Gasteiger partial charge in [0, 0.05) is 19.0 Å². The predicted molar refractivity (Wildman–Crippen MR) is 80.9 cm³/mol. The van der Waals surface area contributed by atoms with Crippen molar-refractivity contribution in [1.82, 2.24) is 9.97 Å². The molecule has 2 aromatic rings. The number of anilines is 1. The van der Waals surface area contributed by atoms with Gasteiger partial charge in [-0.1, -0.05) is 12.1 Å². The fraction of sp³-hybridized carbons (Fsp3) is 0.400. The van der Waals surface area contributed by atoms with Gasteiger partial charge in [0.25, 0.3) is 0 Å². The molecule has 0 amide bonds. The van der Waals surface area contributed by atoms with E-state index in [-0.39, 0.29) is 11.9 Å². The number of nitrogens with zero attached hydrogens (tertiary/aromatic N) is 3. The molecule has 0 bridgehead atoms. The molecule has 0 spiro atoms. The van der Waals surface area contributed by atoms with Crippen LogP contribution in [0.4, 0.5) is 5.82 Å². The van der Waals surface area contributed by atoms with Crippen LogP contribution in [-0.2, 0) is 4.74 Å². The highest BCUT2D eigenvalue weighted by Crippen LogP contribution is 2.25. The first-order chi connectivity index (χ1) is 10.1. The second-order valence-electron chi connectivity index (χ2n) is 4.78. The highest BCUT2D eigenvalue weighted by molar-refractivity contribution is 5.93. The van der Waals surface area contributed by atoms with Crippen LogP contribution in [0, 0.1) is 0 Å². The van der Waals surface area contributed by atoms with Crippen LogP contribution in [-0.4, -0.2) is 47.3 Å². The first-order valence-corrected chi connectivity index (χ1v) is 6.84. The number of methoxy groups -OCH3 is 1. The Kier molecular flexibility index (Phi) is 4.70. The Labute approximate surface area is 123 Å². The standard InChI is InChI=1S/C15H19N3O3/c1-4-18(10(2)9-21-3)14-11-7-5-6-8-12(11)16-13(17-14)15(19)20/h5-8,10H,4,9H2,1-3H3,(H,19,20). The van der Waals surface area contributed by atoms with Gasteiger partial charge in [0.05, 0.1) is 18.2 Å². The van der Waals surface area contributed by atoms with E-state index in [0.717, 1.165) is 5.39 Å². The lowest BCUT2D eigenvalue weighted by Crippen LogP contribution is -2.37. The van der Waals surface area contributed by atoms with E-state index < -0.39 is 5.97 Å². The van der Waals surface area contributed by atoms with Crippen molar-refractivity contribution in [3.63, 3.8) is 0 Å². The number of rotatable bonds is 6. The molecular weight excluding hydrogens is 270 g/mol. The molecule has 0 aliphatic carbocycles. The Hall–Kier alpha value is -2.21. The van der Waals surface area contributed by atoms with E-state index >= 15 is 0 Å². The van der Waals surface area contributed by atoms with Crippen LogP contribution in [0.25, 0.3) is 10.9 Å². The van der Waals surface area contributed by atoms with E-state index in [0.29, 0.717) is 24.5 Å². The second kappa shape index (κ2) is 6.49. The number of aromatic carboxylic acids is 1.